The fraction of sp³-hybridized carbons (Fsp3) is 0.143. The predicted octanol–water partition coefficient (Wildman–Crippen LogP) is 4.19. The van der Waals surface area contributed by atoms with Crippen molar-refractivity contribution in [3.63, 3.8) is 0 Å². The van der Waals surface area contributed by atoms with E-state index in [0.717, 1.165) is 6.07 Å². The van der Waals surface area contributed by atoms with E-state index in [-0.39, 0.29) is 21.8 Å². The lowest BCUT2D eigenvalue weighted by molar-refractivity contribution is 0.592. The Hall–Kier alpha value is -1.27. The molecule has 2 nitrogen and oxygen atoms in total. The zero-order valence-corrected chi connectivity index (χ0v) is 12.9. The molecule has 0 fully saturated rings. The van der Waals surface area contributed by atoms with Crippen LogP contribution in [-0.4, -0.2) is 14.2 Å². The number of sulfone groups is 1. The minimum Gasteiger partial charge on any atom is -0.224 e. The normalized spacial score (nSPS) is 11.6. The van der Waals surface area contributed by atoms with Gasteiger partial charge in [0.05, 0.1) is 10.6 Å². The number of hydrogen-bond acceptors (Lipinski definition) is 2. The van der Waals surface area contributed by atoms with Crippen LogP contribution in [0.25, 0.3) is 11.1 Å². The molecule has 0 atom stereocenters. The molecule has 0 aliphatic carbocycles. The first-order valence-corrected chi connectivity index (χ1v) is 8.27. The Morgan fingerprint density at radius 3 is 2.30 bits per heavy atom. The summed E-state index contributed by atoms with van der Waals surface area (Å²) in [6.45, 7) is 1.48. The quantitative estimate of drug-likeness (QED) is 0.822. The molecule has 2 aromatic carbocycles. The molecule has 0 aliphatic rings. The summed E-state index contributed by atoms with van der Waals surface area (Å²) in [5.74, 6) is -1.45. The van der Waals surface area contributed by atoms with Gasteiger partial charge in [0.15, 0.2) is 9.84 Å². The largest absolute Gasteiger partial charge is 0.224 e. The highest BCUT2D eigenvalue weighted by molar-refractivity contribution is 9.10. The summed E-state index contributed by atoms with van der Waals surface area (Å²) < 4.78 is 51.8. The molecule has 0 amide bonds. The fourth-order valence-electron chi connectivity index (χ4n) is 1.78. The molecule has 0 saturated carbocycles. The van der Waals surface area contributed by atoms with E-state index in [0.29, 0.717) is 4.47 Å². The van der Waals surface area contributed by atoms with Gasteiger partial charge < -0.3 is 0 Å². The van der Waals surface area contributed by atoms with E-state index in [9.17, 15) is 17.2 Å². The maximum Gasteiger partial charge on any atom is 0.178 e. The van der Waals surface area contributed by atoms with Crippen molar-refractivity contribution in [2.45, 2.75) is 11.8 Å². The maximum absolute atomic E-state index is 14.1. The first-order chi connectivity index (χ1) is 9.35. The van der Waals surface area contributed by atoms with Gasteiger partial charge in [0.2, 0.25) is 0 Å². The van der Waals surface area contributed by atoms with Crippen LogP contribution in [0.2, 0.25) is 0 Å². The van der Waals surface area contributed by atoms with Crippen molar-refractivity contribution in [2.24, 2.45) is 0 Å². The van der Waals surface area contributed by atoms with E-state index in [2.05, 4.69) is 15.9 Å². The highest BCUT2D eigenvalue weighted by atomic mass is 79.9. The third-order valence-corrected chi connectivity index (χ3v) is 5.12. The fourth-order valence-corrected chi connectivity index (χ4v) is 3.03. The average molecular weight is 361 g/mol. The number of rotatable bonds is 3. The van der Waals surface area contributed by atoms with Crippen LogP contribution in [0, 0.1) is 11.6 Å². The summed E-state index contributed by atoms with van der Waals surface area (Å²) in [6, 6.07) is 7.67. The van der Waals surface area contributed by atoms with Crippen LogP contribution < -0.4 is 0 Å². The highest BCUT2D eigenvalue weighted by Gasteiger charge is 2.16. The third kappa shape index (κ3) is 2.91. The molecule has 0 aromatic heterocycles. The molecule has 0 aliphatic heterocycles. The molecule has 20 heavy (non-hydrogen) atoms. The first-order valence-electron chi connectivity index (χ1n) is 5.83. The highest BCUT2D eigenvalue weighted by Crippen LogP contribution is 2.29. The lowest BCUT2D eigenvalue weighted by Gasteiger charge is -2.08. The van der Waals surface area contributed by atoms with Crippen LogP contribution in [0.15, 0.2) is 45.8 Å². The number of hydrogen-bond donors (Lipinski definition) is 0. The van der Waals surface area contributed by atoms with Gasteiger partial charge in [0.25, 0.3) is 0 Å². The van der Waals surface area contributed by atoms with E-state index in [1.54, 1.807) is 0 Å². The molecule has 0 bridgehead atoms. The molecule has 0 N–H and O–H groups in total. The van der Waals surface area contributed by atoms with Crippen molar-refractivity contribution in [3.05, 3.63) is 52.5 Å². The molecule has 106 valence electrons. The van der Waals surface area contributed by atoms with Crippen LogP contribution in [-0.2, 0) is 9.84 Å². The van der Waals surface area contributed by atoms with Crippen molar-refractivity contribution in [1.29, 1.82) is 0 Å². The standard InChI is InChI=1S/C14H11BrF2O2S/c1-2-20(18,19)10-4-5-11(14(17)8-10)12-7-9(15)3-6-13(12)16/h3-8H,2H2,1H3. The summed E-state index contributed by atoms with van der Waals surface area (Å²) >= 11 is 3.19. The molecule has 2 aromatic rings. The Morgan fingerprint density at radius 1 is 1.00 bits per heavy atom. The van der Waals surface area contributed by atoms with Crippen LogP contribution in [0.5, 0.6) is 0 Å². The van der Waals surface area contributed by atoms with Crippen molar-refractivity contribution in [3.8, 4) is 11.1 Å². The van der Waals surface area contributed by atoms with Gasteiger partial charge in [-0.3, -0.25) is 0 Å². The Labute approximate surface area is 124 Å². The van der Waals surface area contributed by atoms with Gasteiger partial charge in [0.1, 0.15) is 11.6 Å². The van der Waals surface area contributed by atoms with Crippen LogP contribution >= 0.6 is 15.9 Å². The molecular formula is C14H11BrF2O2S. The van der Waals surface area contributed by atoms with Crippen molar-refractivity contribution in [2.75, 3.05) is 5.75 Å². The Balaban J connectivity index is 2.58. The molecular weight excluding hydrogens is 350 g/mol. The number of halogens is 3. The molecule has 0 unspecified atom stereocenters. The maximum atomic E-state index is 14.1. The molecule has 0 spiro atoms. The number of benzene rings is 2. The smallest absolute Gasteiger partial charge is 0.178 e. The van der Waals surface area contributed by atoms with E-state index in [1.807, 2.05) is 0 Å². The van der Waals surface area contributed by atoms with Crippen molar-refractivity contribution in [1.82, 2.24) is 0 Å². The van der Waals surface area contributed by atoms with Gasteiger partial charge in [-0.15, -0.1) is 0 Å². The van der Waals surface area contributed by atoms with Gasteiger partial charge in [-0.05, 0) is 30.3 Å². The minimum absolute atomic E-state index is 0.0267. The summed E-state index contributed by atoms with van der Waals surface area (Å²) in [5.41, 5.74) is 0.108. The molecule has 0 heterocycles. The molecule has 0 saturated heterocycles. The van der Waals surface area contributed by atoms with Gasteiger partial charge in [-0.2, -0.15) is 0 Å². The summed E-state index contributed by atoms with van der Waals surface area (Å²) in [5, 5.41) is 0. The van der Waals surface area contributed by atoms with Gasteiger partial charge in [0, 0.05) is 15.6 Å². The van der Waals surface area contributed by atoms with Gasteiger partial charge in [-0.25, -0.2) is 17.2 Å². The Kier molecular flexibility index (Phi) is 4.25. The second-order valence-corrected chi connectivity index (χ2v) is 7.36. The lowest BCUT2D eigenvalue weighted by atomic mass is 10.0. The second kappa shape index (κ2) is 5.61. The third-order valence-electron chi connectivity index (χ3n) is 2.90. The minimum atomic E-state index is -3.48. The van der Waals surface area contributed by atoms with E-state index in [1.165, 1.54) is 37.3 Å². The monoisotopic (exact) mass is 360 g/mol. The Bertz CT molecular complexity index is 758. The van der Waals surface area contributed by atoms with Crippen molar-refractivity contribution >= 4 is 25.8 Å². The lowest BCUT2D eigenvalue weighted by Crippen LogP contribution is -2.04. The molecule has 6 heteroatoms. The Morgan fingerprint density at radius 2 is 1.70 bits per heavy atom. The van der Waals surface area contributed by atoms with Crippen LogP contribution in [0.1, 0.15) is 6.92 Å². The second-order valence-electron chi connectivity index (χ2n) is 4.17. The molecule has 0 radical (unpaired) electrons. The van der Waals surface area contributed by atoms with E-state index in [4.69, 9.17) is 0 Å². The topological polar surface area (TPSA) is 34.1 Å². The van der Waals surface area contributed by atoms with Gasteiger partial charge >= 0.3 is 0 Å². The predicted molar refractivity (Wildman–Crippen MR) is 77.2 cm³/mol. The van der Waals surface area contributed by atoms with Crippen LogP contribution in [0.3, 0.4) is 0 Å². The zero-order valence-electron chi connectivity index (χ0n) is 10.5. The van der Waals surface area contributed by atoms with E-state index < -0.39 is 21.5 Å². The summed E-state index contributed by atoms with van der Waals surface area (Å²) in [4.78, 5) is -0.100. The SMILES string of the molecule is CCS(=O)(=O)c1ccc(-c2cc(Br)ccc2F)c(F)c1. The zero-order chi connectivity index (χ0) is 14.9. The molecule has 2 rings (SSSR count). The van der Waals surface area contributed by atoms with Crippen molar-refractivity contribution < 1.29 is 17.2 Å². The average Bonchev–Trinajstić information content (AvgIpc) is 2.41. The summed E-state index contributed by atoms with van der Waals surface area (Å²) in [6.07, 6.45) is 0. The first kappa shape index (κ1) is 15.1. The van der Waals surface area contributed by atoms with Gasteiger partial charge in [-0.1, -0.05) is 28.9 Å². The summed E-state index contributed by atoms with van der Waals surface area (Å²) in [7, 11) is -3.48. The van der Waals surface area contributed by atoms with E-state index >= 15 is 0 Å². The van der Waals surface area contributed by atoms with Crippen LogP contribution in [0.4, 0.5) is 8.78 Å².